The van der Waals surface area contributed by atoms with E-state index >= 15 is 0 Å². The van der Waals surface area contributed by atoms with Gasteiger partial charge in [-0.1, -0.05) is 12.1 Å². The van der Waals surface area contributed by atoms with Crippen LogP contribution in [0.1, 0.15) is 30.4 Å². The van der Waals surface area contributed by atoms with Crippen LogP contribution in [0.3, 0.4) is 0 Å². The van der Waals surface area contributed by atoms with Crippen LogP contribution in [0.25, 0.3) is 0 Å². The van der Waals surface area contributed by atoms with Crippen LogP contribution in [0.15, 0.2) is 18.2 Å². The second-order valence-corrected chi connectivity index (χ2v) is 5.73. The summed E-state index contributed by atoms with van der Waals surface area (Å²) in [6, 6.07) is 5.67. The molecule has 0 radical (unpaired) electrons. The molecule has 1 atom stereocenters. The minimum absolute atomic E-state index is 0.0561. The van der Waals surface area contributed by atoms with Crippen molar-refractivity contribution in [2.45, 2.75) is 33.1 Å². The monoisotopic (exact) mass is 290 g/mol. The molecule has 0 spiro atoms. The molecule has 2 N–H and O–H groups in total. The molecular weight excluding hydrogens is 268 g/mol. The van der Waals surface area contributed by atoms with Gasteiger partial charge in [-0.3, -0.25) is 4.79 Å². The number of piperidine rings is 1. The number of rotatable bonds is 3. The first-order valence-electron chi connectivity index (χ1n) is 7.31. The Labute approximate surface area is 125 Å². The molecule has 21 heavy (non-hydrogen) atoms. The quantitative estimate of drug-likeness (QED) is 0.899. The summed E-state index contributed by atoms with van der Waals surface area (Å²) >= 11 is 0. The fourth-order valence-corrected chi connectivity index (χ4v) is 2.74. The maximum Gasteiger partial charge on any atom is 0.321 e. The molecule has 1 aromatic carbocycles. The Kier molecular flexibility index (Phi) is 4.83. The molecule has 2 amide bonds. The summed E-state index contributed by atoms with van der Waals surface area (Å²) in [4.78, 5) is 24.8. The predicted octanol–water partition coefficient (Wildman–Crippen LogP) is 3.02. The van der Waals surface area contributed by atoms with Crippen LogP contribution in [0.2, 0.25) is 0 Å². The summed E-state index contributed by atoms with van der Waals surface area (Å²) in [6.07, 6.45) is 1.87. The average molecular weight is 290 g/mol. The molecule has 1 fully saturated rings. The number of urea groups is 1. The lowest BCUT2D eigenvalue weighted by molar-refractivity contribution is -0.138. The standard InChI is InChI=1S/C16H22N2O3/c1-11-5-3-7-14(12(11)2)17-16(21)18-8-4-6-13(10-18)9-15(19)20/h3,5,7,13H,4,6,8-10H2,1-2H3,(H,17,21)(H,19,20). The molecule has 0 aromatic heterocycles. The van der Waals surface area contributed by atoms with Crippen molar-refractivity contribution in [3.8, 4) is 0 Å². The van der Waals surface area contributed by atoms with Crippen molar-refractivity contribution in [1.82, 2.24) is 4.90 Å². The molecule has 2 rings (SSSR count). The smallest absolute Gasteiger partial charge is 0.321 e. The number of aliphatic carboxylic acids is 1. The fraction of sp³-hybridized carbons (Fsp3) is 0.500. The van der Waals surface area contributed by atoms with E-state index in [1.165, 1.54) is 0 Å². The Hall–Kier alpha value is -2.04. The van der Waals surface area contributed by atoms with Crippen molar-refractivity contribution in [3.63, 3.8) is 0 Å². The van der Waals surface area contributed by atoms with Gasteiger partial charge in [0.25, 0.3) is 0 Å². The number of amides is 2. The second kappa shape index (κ2) is 6.61. The highest BCUT2D eigenvalue weighted by Crippen LogP contribution is 2.22. The number of benzene rings is 1. The number of carboxylic acid groups (broad SMARTS) is 1. The van der Waals surface area contributed by atoms with Crippen molar-refractivity contribution >= 4 is 17.7 Å². The Morgan fingerprint density at radius 1 is 1.38 bits per heavy atom. The third kappa shape index (κ3) is 3.97. The number of likely N-dealkylation sites (tertiary alicyclic amines) is 1. The van der Waals surface area contributed by atoms with E-state index in [4.69, 9.17) is 5.11 Å². The third-order valence-corrected chi connectivity index (χ3v) is 4.12. The molecular formula is C16H22N2O3. The molecule has 114 valence electrons. The first kappa shape index (κ1) is 15.4. The van der Waals surface area contributed by atoms with Crippen molar-refractivity contribution in [3.05, 3.63) is 29.3 Å². The number of nitrogens with one attached hydrogen (secondary N) is 1. The van der Waals surface area contributed by atoms with Crippen LogP contribution in [0.5, 0.6) is 0 Å². The lowest BCUT2D eigenvalue weighted by atomic mass is 9.95. The summed E-state index contributed by atoms with van der Waals surface area (Å²) in [7, 11) is 0. The Balaban J connectivity index is 1.99. The van der Waals surface area contributed by atoms with Gasteiger partial charge in [-0.15, -0.1) is 0 Å². The van der Waals surface area contributed by atoms with Gasteiger partial charge < -0.3 is 15.3 Å². The fourth-order valence-electron chi connectivity index (χ4n) is 2.74. The van der Waals surface area contributed by atoms with Crippen molar-refractivity contribution in [2.24, 2.45) is 5.92 Å². The van der Waals surface area contributed by atoms with Gasteiger partial charge in [-0.05, 0) is 49.8 Å². The molecule has 1 aliphatic heterocycles. The highest BCUT2D eigenvalue weighted by molar-refractivity contribution is 5.90. The molecule has 1 saturated heterocycles. The first-order chi connectivity index (χ1) is 9.97. The van der Waals surface area contributed by atoms with Gasteiger partial charge in [-0.25, -0.2) is 4.79 Å². The van der Waals surface area contributed by atoms with E-state index in [9.17, 15) is 9.59 Å². The van der Waals surface area contributed by atoms with Gasteiger partial charge in [-0.2, -0.15) is 0 Å². The normalized spacial score (nSPS) is 18.4. The SMILES string of the molecule is Cc1cccc(NC(=O)N2CCCC(CC(=O)O)C2)c1C. The van der Waals surface area contributed by atoms with Crippen molar-refractivity contribution in [1.29, 1.82) is 0 Å². The number of hydrogen-bond acceptors (Lipinski definition) is 2. The molecule has 1 unspecified atom stereocenters. The molecule has 0 bridgehead atoms. The van der Waals surface area contributed by atoms with Crippen LogP contribution >= 0.6 is 0 Å². The number of aryl methyl sites for hydroxylation is 1. The van der Waals surface area contributed by atoms with E-state index in [-0.39, 0.29) is 18.4 Å². The molecule has 1 aliphatic rings. The Bertz CT molecular complexity index is 542. The highest BCUT2D eigenvalue weighted by atomic mass is 16.4. The third-order valence-electron chi connectivity index (χ3n) is 4.12. The zero-order valence-electron chi connectivity index (χ0n) is 12.6. The summed E-state index contributed by atoms with van der Waals surface area (Å²) in [6.45, 7) is 5.19. The van der Waals surface area contributed by atoms with Gasteiger partial charge in [0.05, 0.1) is 0 Å². The summed E-state index contributed by atoms with van der Waals surface area (Å²) in [5, 5.41) is 11.8. The topological polar surface area (TPSA) is 69.6 Å². The molecule has 5 heteroatoms. The number of carboxylic acids is 1. The number of nitrogens with zero attached hydrogens (tertiary/aromatic N) is 1. The van der Waals surface area contributed by atoms with E-state index in [0.29, 0.717) is 13.1 Å². The minimum Gasteiger partial charge on any atom is -0.481 e. The van der Waals surface area contributed by atoms with Crippen molar-refractivity contribution < 1.29 is 14.7 Å². The maximum absolute atomic E-state index is 12.3. The van der Waals surface area contributed by atoms with Gasteiger partial charge in [0.1, 0.15) is 0 Å². The maximum atomic E-state index is 12.3. The summed E-state index contributed by atoms with van der Waals surface area (Å²) in [5.41, 5.74) is 3.01. The summed E-state index contributed by atoms with van der Waals surface area (Å²) in [5.74, 6) is -0.739. The van der Waals surface area contributed by atoms with Crippen LogP contribution < -0.4 is 5.32 Å². The number of anilines is 1. The molecule has 1 aromatic rings. The lowest BCUT2D eigenvalue weighted by Gasteiger charge is -2.32. The first-order valence-corrected chi connectivity index (χ1v) is 7.31. The van der Waals surface area contributed by atoms with E-state index in [1.54, 1.807) is 4.90 Å². The van der Waals surface area contributed by atoms with Gasteiger partial charge >= 0.3 is 12.0 Å². The predicted molar refractivity (Wildman–Crippen MR) is 81.5 cm³/mol. The Morgan fingerprint density at radius 3 is 2.86 bits per heavy atom. The molecule has 0 saturated carbocycles. The average Bonchev–Trinajstić information content (AvgIpc) is 2.43. The highest BCUT2D eigenvalue weighted by Gasteiger charge is 2.25. The van der Waals surface area contributed by atoms with E-state index in [0.717, 1.165) is 29.7 Å². The minimum atomic E-state index is -0.795. The van der Waals surface area contributed by atoms with E-state index in [1.807, 2.05) is 32.0 Å². The zero-order valence-corrected chi connectivity index (χ0v) is 12.6. The van der Waals surface area contributed by atoms with Gasteiger partial charge in [0.2, 0.25) is 0 Å². The molecule has 1 heterocycles. The second-order valence-electron chi connectivity index (χ2n) is 5.73. The van der Waals surface area contributed by atoms with Gasteiger partial charge in [0.15, 0.2) is 0 Å². The van der Waals surface area contributed by atoms with Crippen LogP contribution in [-0.4, -0.2) is 35.1 Å². The number of carbonyl (C=O) groups excluding carboxylic acids is 1. The zero-order chi connectivity index (χ0) is 15.4. The van der Waals surface area contributed by atoms with Crippen molar-refractivity contribution in [2.75, 3.05) is 18.4 Å². The largest absolute Gasteiger partial charge is 0.481 e. The van der Waals surface area contributed by atoms with Crippen LogP contribution in [0.4, 0.5) is 10.5 Å². The van der Waals surface area contributed by atoms with E-state index in [2.05, 4.69) is 5.32 Å². The van der Waals surface area contributed by atoms with E-state index < -0.39 is 5.97 Å². The van der Waals surface area contributed by atoms with Crippen LogP contribution in [0, 0.1) is 19.8 Å². The number of hydrogen-bond donors (Lipinski definition) is 2. The molecule has 5 nitrogen and oxygen atoms in total. The summed E-state index contributed by atoms with van der Waals surface area (Å²) < 4.78 is 0. The van der Waals surface area contributed by atoms with Crippen LogP contribution in [-0.2, 0) is 4.79 Å². The number of carbonyl (C=O) groups is 2. The lowest BCUT2D eigenvalue weighted by Crippen LogP contribution is -2.42. The Morgan fingerprint density at radius 2 is 2.14 bits per heavy atom. The molecule has 0 aliphatic carbocycles. The van der Waals surface area contributed by atoms with Gasteiger partial charge in [0, 0.05) is 25.2 Å².